The number of rotatable bonds is 2. The summed E-state index contributed by atoms with van der Waals surface area (Å²) >= 11 is 0. The van der Waals surface area contributed by atoms with Gasteiger partial charge in [-0.3, -0.25) is 4.79 Å². The minimum absolute atomic E-state index is 0.0167. The zero-order valence-electron chi connectivity index (χ0n) is 10.3. The van der Waals surface area contributed by atoms with Gasteiger partial charge in [-0.2, -0.15) is 4.39 Å². The van der Waals surface area contributed by atoms with E-state index in [2.05, 4.69) is 0 Å². The first kappa shape index (κ1) is 14.6. The highest BCUT2D eigenvalue weighted by molar-refractivity contribution is 6.06. The predicted octanol–water partition coefficient (Wildman–Crippen LogP) is 2.78. The lowest BCUT2D eigenvalue weighted by molar-refractivity contribution is 0.102. The maximum atomic E-state index is 13.6. The molecule has 0 saturated heterocycles. The Labute approximate surface area is 115 Å². The largest absolute Gasteiger partial charge is 0.503 e. The summed E-state index contributed by atoms with van der Waals surface area (Å²) < 4.78 is 52.6. The number of nitrogens with one attached hydrogen (secondary N) is 1. The number of aromatic hydroxyl groups is 1. The third-order valence-corrected chi connectivity index (χ3v) is 2.64. The number of phenolic OH excluding ortho intramolecular Hbond substituents is 1. The van der Waals surface area contributed by atoms with Gasteiger partial charge in [0.05, 0.1) is 16.9 Å². The molecule has 0 heterocycles. The molecule has 8 heteroatoms. The number of nitrogen functional groups attached to an aromatic ring is 1. The van der Waals surface area contributed by atoms with E-state index in [0.717, 1.165) is 18.2 Å². The fourth-order valence-electron chi connectivity index (χ4n) is 1.58. The number of phenols is 1. The normalized spacial score (nSPS) is 10.5. The molecule has 0 radical (unpaired) electrons. The molecule has 2 aromatic rings. The summed E-state index contributed by atoms with van der Waals surface area (Å²) in [6.45, 7) is 0. The molecule has 0 aliphatic carbocycles. The second-order valence-corrected chi connectivity index (χ2v) is 4.07. The van der Waals surface area contributed by atoms with E-state index in [1.807, 2.05) is 5.32 Å². The Morgan fingerprint density at radius 1 is 1.10 bits per heavy atom. The van der Waals surface area contributed by atoms with E-state index >= 15 is 0 Å². The topological polar surface area (TPSA) is 75.3 Å². The molecule has 110 valence electrons. The summed E-state index contributed by atoms with van der Waals surface area (Å²) in [5.74, 6) is -8.61. The van der Waals surface area contributed by atoms with Gasteiger partial charge in [-0.15, -0.1) is 0 Å². The quantitative estimate of drug-likeness (QED) is 0.453. The summed E-state index contributed by atoms with van der Waals surface area (Å²) in [5.41, 5.74) is 4.34. The van der Waals surface area contributed by atoms with E-state index in [1.165, 1.54) is 0 Å². The highest BCUT2D eigenvalue weighted by atomic mass is 19.2. The first-order chi connectivity index (χ1) is 9.81. The molecule has 2 aromatic carbocycles. The minimum atomic E-state index is -1.81. The molecule has 21 heavy (non-hydrogen) atoms. The Morgan fingerprint density at radius 2 is 1.76 bits per heavy atom. The molecule has 2 rings (SSSR count). The van der Waals surface area contributed by atoms with Crippen LogP contribution in [0.2, 0.25) is 0 Å². The Hall–Kier alpha value is -2.77. The van der Waals surface area contributed by atoms with Gasteiger partial charge < -0.3 is 16.2 Å². The average Bonchev–Trinajstić information content (AvgIpc) is 2.44. The van der Waals surface area contributed by atoms with Crippen LogP contribution in [0.5, 0.6) is 5.75 Å². The number of carbonyl (C=O) groups excluding carboxylic acids is 1. The Bertz CT molecular complexity index is 735. The molecule has 0 aromatic heterocycles. The third kappa shape index (κ3) is 2.73. The van der Waals surface area contributed by atoms with Gasteiger partial charge in [0.2, 0.25) is 5.82 Å². The zero-order valence-corrected chi connectivity index (χ0v) is 10.3. The second-order valence-electron chi connectivity index (χ2n) is 4.07. The maximum absolute atomic E-state index is 13.6. The molecule has 0 aliphatic heterocycles. The summed E-state index contributed by atoms with van der Waals surface area (Å²) in [6.07, 6.45) is 0. The number of carbonyl (C=O) groups is 1. The van der Waals surface area contributed by atoms with Crippen molar-refractivity contribution >= 4 is 17.3 Å². The Morgan fingerprint density at radius 3 is 2.43 bits per heavy atom. The van der Waals surface area contributed by atoms with Crippen LogP contribution in [0.4, 0.5) is 28.9 Å². The third-order valence-electron chi connectivity index (χ3n) is 2.64. The van der Waals surface area contributed by atoms with Crippen molar-refractivity contribution in [2.45, 2.75) is 0 Å². The fourth-order valence-corrected chi connectivity index (χ4v) is 1.58. The van der Waals surface area contributed by atoms with Crippen LogP contribution in [-0.4, -0.2) is 11.0 Å². The summed E-state index contributed by atoms with van der Waals surface area (Å²) in [5, 5.41) is 11.1. The molecule has 4 N–H and O–H groups in total. The highest BCUT2D eigenvalue weighted by Gasteiger charge is 2.23. The van der Waals surface area contributed by atoms with E-state index in [0.29, 0.717) is 0 Å². The van der Waals surface area contributed by atoms with Crippen LogP contribution in [0.3, 0.4) is 0 Å². The number of hydrogen-bond donors (Lipinski definition) is 3. The lowest BCUT2D eigenvalue weighted by Gasteiger charge is -2.10. The van der Waals surface area contributed by atoms with Crippen LogP contribution >= 0.6 is 0 Å². The predicted molar refractivity (Wildman–Crippen MR) is 66.7 cm³/mol. The molecule has 0 saturated carbocycles. The van der Waals surface area contributed by atoms with Crippen LogP contribution in [0.1, 0.15) is 10.4 Å². The first-order valence-corrected chi connectivity index (χ1v) is 5.54. The molecule has 0 aliphatic rings. The van der Waals surface area contributed by atoms with Crippen LogP contribution in [0.25, 0.3) is 0 Å². The monoisotopic (exact) mass is 300 g/mol. The second kappa shape index (κ2) is 5.31. The van der Waals surface area contributed by atoms with E-state index < -0.39 is 40.5 Å². The van der Waals surface area contributed by atoms with Crippen LogP contribution in [0.15, 0.2) is 24.3 Å². The number of benzene rings is 2. The van der Waals surface area contributed by atoms with Gasteiger partial charge in [0.1, 0.15) is 5.82 Å². The van der Waals surface area contributed by atoms with Crippen molar-refractivity contribution in [3.8, 4) is 5.75 Å². The zero-order chi connectivity index (χ0) is 15.7. The van der Waals surface area contributed by atoms with Gasteiger partial charge in [0, 0.05) is 0 Å². The van der Waals surface area contributed by atoms with Crippen molar-refractivity contribution in [1.29, 1.82) is 0 Å². The summed E-state index contributed by atoms with van der Waals surface area (Å²) in [7, 11) is 0. The van der Waals surface area contributed by atoms with Gasteiger partial charge >= 0.3 is 0 Å². The molecule has 0 spiro atoms. The summed E-state index contributed by atoms with van der Waals surface area (Å²) in [6, 6.07) is 3.33. The molecule has 0 unspecified atom stereocenters. The van der Waals surface area contributed by atoms with Gasteiger partial charge in [-0.05, 0) is 24.3 Å². The number of anilines is 2. The maximum Gasteiger partial charge on any atom is 0.258 e. The van der Waals surface area contributed by atoms with Crippen molar-refractivity contribution in [3.63, 3.8) is 0 Å². The molecular weight excluding hydrogens is 292 g/mol. The van der Waals surface area contributed by atoms with E-state index in [9.17, 15) is 22.4 Å². The number of hydrogen-bond acceptors (Lipinski definition) is 3. The van der Waals surface area contributed by atoms with Gasteiger partial charge in [0.15, 0.2) is 17.4 Å². The van der Waals surface area contributed by atoms with Crippen LogP contribution < -0.4 is 11.1 Å². The van der Waals surface area contributed by atoms with E-state index in [-0.39, 0.29) is 17.4 Å². The lowest BCUT2D eigenvalue weighted by Crippen LogP contribution is -2.16. The fraction of sp³-hybridized carbons (Fsp3) is 0. The highest BCUT2D eigenvalue weighted by Crippen LogP contribution is 2.27. The van der Waals surface area contributed by atoms with Crippen LogP contribution in [0, 0.1) is 23.3 Å². The Kier molecular flexibility index (Phi) is 3.70. The van der Waals surface area contributed by atoms with E-state index in [1.54, 1.807) is 0 Å². The summed E-state index contributed by atoms with van der Waals surface area (Å²) in [4.78, 5) is 11.8. The van der Waals surface area contributed by atoms with Crippen molar-refractivity contribution < 1.29 is 27.5 Å². The van der Waals surface area contributed by atoms with Gasteiger partial charge in [-0.25, -0.2) is 13.2 Å². The smallest absolute Gasteiger partial charge is 0.258 e. The Balaban J connectivity index is 2.40. The number of amides is 1. The van der Waals surface area contributed by atoms with E-state index in [4.69, 9.17) is 10.8 Å². The van der Waals surface area contributed by atoms with Crippen molar-refractivity contribution in [2.24, 2.45) is 0 Å². The number of nitrogens with two attached hydrogens (primary N) is 1. The number of halogens is 4. The van der Waals surface area contributed by atoms with Crippen molar-refractivity contribution in [3.05, 3.63) is 53.1 Å². The molecule has 0 atom stereocenters. The lowest BCUT2D eigenvalue weighted by atomic mass is 10.1. The van der Waals surface area contributed by atoms with Crippen LogP contribution in [-0.2, 0) is 0 Å². The van der Waals surface area contributed by atoms with Gasteiger partial charge in [0.25, 0.3) is 5.91 Å². The standard InChI is InChI=1S/C13H8F4N2O2/c14-5-1-2-8(18)9(3-5)19-13(21)6-4-7(15)11(17)12(20)10(6)16/h1-4,20H,18H2,(H,19,21). The van der Waals surface area contributed by atoms with Gasteiger partial charge in [-0.1, -0.05) is 0 Å². The molecule has 0 bridgehead atoms. The minimum Gasteiger partial charge on any atom is -0.503 e. The average molecular weight is 300 g/mol. The molecule has 1 amide bonds. The van der Waals surface area contributed by atoms with Crippen molar-refractivity contribution in [1.82, 2.24) is 0 Å². The molecule has 4 nitrogen and oxygen atoms in total. The molecule has 0 fully saturated rings. The molecular formula is C13H8F4N2O2. The SMILES string of the molecule is Nc1ccc(F)cc1NC(=O)c1cc(F)c(F)c(O)c1F. The van der Waals surface area contributed by atoms with Crippen molar-refractivity contribution in [2.75, 3.05) is 11.1 Å². The first-order valence-electron chi connectivity index (χ1n) is 5.54.